The summed E-state index contributed by atoms with van der Waals surface area (Å²) in [4.78, 5) is 30.4. The van der Waals surface area contributed by atoms with Crippen molar-refractivity contribution in [1.29, 1.82) is 0 Å². The molecule has 1 N–H and O–H groups in total. The van der Waals surface area contributed by atoms with Crippen LogP contribution in [0.1, 0.15) is 30.7 Å². The number of hydrogen-bond acceptors (Lipinski definition) is 5. The van der Waals surface area contributed by atoms with Crippen LogP contribution in [-0.4, -0.2) is 26.5 Å². The summed E-state index contributed by atoms with van der Waals surface area (Å²) in [5, 5.41) is 3.93. The van der Waals surface area contributed by atoms with Crippen molar-refractivity contribution in [2.24, 2.45) is 0 Å². The maximum absolute atomic E-state index is 12.7. The van der Waals surface area contributed by atoms with Crippen molar-refractivity contribution in [2.45, 2.75) is 56.0 Å². The van der Waals surface area contributed by atoms with E-state index < -0.39 is 0 Å². The minimum Gasteiger partial charge on any atom is -0.325 e. The molecule has 5 nitrogen and oxygen atoms in total. The number of carbonyl (C=O) groups is 1. The molecule has 0 saturated heterocycles. The maximum atomic E-state index is 12.7. The molecule has 1 atom stereocenters. The minimum absolute atomic E-state index is 0.0177. The van der Waals surface area contributed by atoms with Gasteiger partial charge in [0.15, 0.2) is 5.16 Å². The van der Waals surface area contributed by atoms with Gasteiger partial charge in [0.1, 0.15) is 0 Å². The zero-order valence-electron chi connectivity index (χ0n) is 15.5. The molecule has 0 bridgehead atoms. The number of hydrogen-bond donors (Lipinski definition) is 1. The van der Waals surface area contributed by atoms with Crippen LogP contribution >= 0.6 is 23.5 Å². The number of rotatable bonds is 5. The Labute approximate surface area is 162 Å². The van der Waals surface area contributed by atoms with E-state index in [-0.39, 0.29) is 17.2 Å². The number of fused-ring (bicyclic) bond motifs is 1. The number of amides is 1. The predicted molar refractivity (Wildman–Crippen MR) is 108 cm³/mol. The van der Waals surface area contributed by atoms with Gasteiger partial charge in [-0.05, 0) is 44.0 Å². The molecule has 3 rings (SSSR count). The molecule has 0 saturated carbocycles. The maximum Gasteiger partial charge on any atom is 0.268 e. The number of benzene rings is 1. The van der Waals surface area contributed by atoms with Crippen LogP contribution in [0.3, 0.4) is 0 Å². The van der Waals surface area contributed by atoms with E-state index in [2.05, 4.69) is 23.3 Å². The van der Waals surface area contributed by atoms with Crippen molar-refractivity contribution in [3.05, 3.63) is 45.4 Å². The van der Waals surface area contributed by atoms with Crippen LogP contribution in [0.2, 0.25) is 0 Å². The molecule has 26 heavy (non-hydrogen) atoms. The minimum atomic E-state index is -0.0971. The summed E-state index contributed by atoms with van der Waals surface area (Å²) in [5.74, 6) is 0.126. The van der Waals surface area contributed by atoms with Crippen LogP contribution < -0.4 is 10.9 Å². The van der Waals surface area contributed by atoms with Gasteiger partial charge < -0.3 is 5.32 Å². The molecule has 0 radical (unpaired) electrons. The first-order valence-electron chi connectivity index (χ1n) is 8.68. The molecule has 0 unspecified atom stereocenters. The smallest absolute Gasteiger partial charge is 0.268 e. The van der Waals surface area contributed by atoms with Crippen molar-refractivity contribution in [3.8, 4) is 0 Å². The highest BCUT2D eigenvalue weighted by Gasteiger charge is 2.26. The molecule has 0 spiro atoms. The number of aryl methyl sites for hydroxylation is 2. The first kappa shape index (κ1) is 19.0. The van der Waals surface area contributed by atoms with E-state index in [1.165, 1.54) is 11.8 Å². The topological polar surface area (TPSA) is 64.0 Å². The number of aromatic nitrogens is 2. The predicted octanol–water partition coefficient (Wildman–Crippen LogP) is 3.65. The van der Waals surface area contributed by atoms with Crippen LogP contribution in [0.25, 0.3) is 0 Å². The van der Waals surface area contributed by atoms with E-state index in [9.17, 15) is 9.59 Å². The first-order chi connectivity index (χ1) is 12.4. The molecule has 138 valence electrons. The van der Waals surface area contributed by atoms with Crippen LogP contribution in [0.15, 0.2) is 33.0 Å². The summed E-state index contributed by atoms with van der Waals surface area (Å²) >= 11 is 2.92. The van der Waals surface area contributed by atoms with Gasteiger partial charge in [0, 0.05) is 23.9 Å². The van der Waals surface area contributed by atoms with Crippen LogP contribution in [0.5, 0.6) is 0 Å². The lowest BCUT2D eigenvalue weighted by molar-refractivity contribution is -0.113. The molecular formula is C19H23N3O2S2. The van der Waals surface area contributed by atoms with E-state index in [1.54, 1.807) is 16.3 Å². The summed E-state index contributed by atoms with van der Waals surface area (Å²) < 4.78 is 1.67. The zero-order chi connectivity index (χ0) is 18.8. The van der Waals surface area contributed by atoms with Gasteiger partial charge in [-0.15, -0.1) is 11.8 Å². The lowest BCUT2D eigenvalue weighted by atomic mass is 10.1. The van der Waals surface area contributed by atoms with Crippen molar-refractivity contribution in [3.63, 3.8) is 0 Å². The second-order valence-electron chi connectivity index (χ2n) is 6.57. The standard InChI is InChI=1S/C19H23N3O2S2/c1-5-22-18(24)17-15(9-13(4)26-17)21-19(22)25-10-16(23)20-14-7-11(2)6-12(3)8-14/h6-8,13H,5,9-10H2,1-4H3,(H,20,23)/t13-/m0/s1. The quantitative estimate of drug-likeness (QED) is 0.625. The highest BCUT2D eigenvalue weighted by molar-refractivity contribution is 8.00. The Morgan fingerprint density at radius 3 is 2.69 bits per heavy atom. The molecule has 1 aromatic heterocycles. The lowest BCUT2D eigenvalue weighted by Crippen LogP contribution is -2.25. The zero-order valence-corrected chi connectivity index (χ0v) is 17.1. The van der Waals surface area contributed by atoms with Gasteiger partial charge in [-0.1, -0.05) is 24.8 Å². The van der Waals surface area contributed by atoms with E-state index >= 15 is 0 Å². The van der Waals surface area contributed by atoms with Crippen molar-refractivity contribution < 1.29 is 4.79 Å². The average Bonchev–Trinajstić information content (AvgIpc) is 2.93. The van der Waals surface area contributed by atoms with Crippen molar-refractivity contribution in [2.75, 3.05) is 11.1 Å². The fraction of sp³-hybridized carbons (Fsp3) is 0.421. The van der Waals surface area contributed by atoms with Crippen molar-refractivity contribution in [1.82, 2.24) is 9.55 Å². The highest BCUT2D eigenvalue weighted by Crippen LogP contribution is 2.34. The van der Waals surface area contributed by atoms with Crippen LogP contribution in [0.4, 0.5) is 5.69 Å². The molecule has 0 fully saturated rings. The van der Waals surface area contributed by atoms with Gasteiger partial charge in [0.25, 0.3) is 5.56 Å². The van der Waals surface area contributed by atoms with E-state index in [0.29, 0.717) is 17.0 Å². The Morgan fingerprint density at radius 2 is 2.04 bits per heavy atom. The molecule has 0 aliphatic carbocycles. The van der Waals surface area contributed by atoms with E-state index in [0.717, 1.165) is 33.8 Å². The molecule has 1 aromatic carbocycles. The number of anilines is 1. The molecule has 1 aliphatic rings. The summed E-state index contributed by atoms with van der Waals surface area (Å²) in [6.07, 6.45) is 0.808. The summed E-state index contributed by atoms with van der Waals surface area (Å²) in [7, 11) is 0. The van der Waals surface area contributed by atoms with Gasteiger partial charge >= 0.3 is 0 Å². The largest absolute Gasteiger partial charge is 0.325 e. The van der Waals surface area contributed by atoms with Crippen LogP contribution in [-0.2, 0) is 17.8 Å². The summed E-state index contributed by atoms with van der Waals surface area (Å²) in [6.45, 7) is 8.59. The molecule has 7 heteroatoms. The number of carbonyl (C=O) groups excluding carboxylic acids is 1. The molecule has 2 heterocycles. The number of nitrogens with one attached hydrogen (secondary N) is 1. The highest BCUT2D eigenvalue weighted by atomic mass is 32.2. The first-order valence-corrected chi connectivity index (χ1v) is 10.5. The fourth-order valence-electron chi connectivity index (χ4n) is 3.09. The third-order valence-electron chi connectivity index (χ3n) is 4.12. The van der Waals surface area contributed by atoms with Gasteiger partial charge in [-0.2, -0.15) is 0 Å². The monoisotopic (exact) mass is 389 g/mol. The SMILES string of the molecule is CCn1c(SCC(=O)Nc2cc(C)cc(C)c2)nc2c(c1=O)S[C@@H](C)C2. The Morgan fingerprint density at radius 1 is 1.35 bits per heavy atom. The van der Waals surface area contributed by atoms with Crippen LogP contribution in [0, 0.1) is 13.8 Å². The third kappa shape index (κ3) is 4.15. The number of thioether (sulfide) groups is 2. The lowest BCUT2D eigenvalue weighted by Gasteiger charge is -2.12. The Hall–Kier alpha value is -1.73. The Bertz CT molecular complexity index is 888. The molecular weight excluding hydrogens is 366 g/mol. The fourth-order valence-corrected chi connectivity index (χ4v) is 5.09. The van der Waals surface area contributed by atoms with Gasteiger partial charge in [-0.3, -0.25) is 14.2 Å². The Kier molecular flexibility index (Phi) is 5.77. The van der Waals surface area contributed by atoms with Gasteiger partial charge in [0.2, 0.25) is 5.91 Å². The normalized spacial score (nSPS) is 15.8. The summed E-state index contributed by atoms with van der Waals surface area (Å²) in [6, 6.07) is 5.96. The Balaban J connectivity index is 1.73. The second-order valence-corrected chi connectivity index (χ2v) is 8.96. The average molecular weight is 390 g/mol. The van der Waals surface area contributed by atoms with Gasteiger partial charge in [0.05, 0.1) is 16.3 Å². The molecule has 2 aromatic rings. The molecule has 1 amide bonds. The summed E-state index contributed by atoms with van der Waals surface area (Å²) in [5.41, 5.74) is 3.91. The number of nitrogens with zero attached hydrogens (tertiary/aromatic N) is 2. The van der Waals surface area contributed by atoms with Crippen molar-refractivity contribution >= 4 is 35.1 Å². The van der Waals surface area contributed by atoms with E-state index in [1.807, 2.05) is 32.9 Å². The second kappa shape index (κ2) is 7.88. The van der Waals surface area contributed by atoms with Gasteiger partial charge in [-0.25, -0.2) is 4.98 Å². The third-order valence-corrected chi connectivity index (χ3v) is 6.31. The molecule has 1 aliphatic heterocycles. The van der Waals surface area contributed by atoms with E-state index in [4.69, 9.17) is 0 Å².